The molecule has 4 heteroatoms. The van der Waals surface area contributed by atoms with Crippen LogP contribution in [-0.4, -0.2) is 11.1 Å². The van der Waals surface area contributed by atoms with Crippen LogP contribution in [0.4, 0.5) is 4.39 Å². The summed E-state index contributed by atoms with van der Waals surface area (Å²) < 4.78 is 20.8. The van der Waals surface area contributed by atoms with E-state index in [9.17, 15) is 9.90 Å². The van der Waals surface area contributed by atoms with E-state index in [-0.39, 0.29) is 29.0 Å². The topological polar surface area (TPSA) is 46.5 Å². The second-order valence-electron chi connectivity index (χ2n) is 13.9. The molecule has 0 aliphatic carbocycles. The minimum atomic E-state index is -0.340. The highest BCUT2D eigenvalue weighted by Gasteiger charge is 2.26. The maximum atomic E-state index is 15.2. The van der Waals surface area contributed by atoms with Gasteiger partial charge in [0.2, 0.25) is 0 Å². The molecule has 0 aromatic heterocycles. The third kappa shape index (κ3) is 8.37. The van der Waals surface area contributed by atoms with Crippen molar-refractivity contribution < 1.29 is 19.0 Å². The Kier molecular flexibility index (Phi) is 10.3. The smallest absolute Gasteiger partial charge is 0.311 e. The highest BCUT2D eigenvalue weighted by atomic mass is 19.1. The molecule has 0 saturated heterocycles. The van der Waals surface area contributed by atoms with Gasteiger partial charge >= 0.3 is 5.97 Å². The lowest BCUT2D eigenvalue weighted by atomic mass is 9.78. The summed E-state index contributed by atoms with van der Waals surface area (Å²) >= 11 is 0. The number of hydrogen-bond donors (Lipinski definition) is 1. The number of carbonyl (C=O) groups excluding carboxylic acids is 1. The summed E-state index contributed by atoms with van der Waals surface area (Å²) in [5, 5.41) is 11.0. The first-order valence-corrected chi connectivity index (χ1v) is 15.8. The zero-order chi connectivity index (χ0) is 32.1. The molecule has 0 bridgehead atoms. The van der Waals surface area contributed by atoms with Crippen LogP contribution in [0.3, 0.4) is 0 Å². The van der Waals surface area contributed by atoms with Crippen molar-refractivity contribution >= 4 is 5.97 Å². The van der Waals surface area contributed by atoms with Crippen molar-refractivity contribution in [2.24, 2.45) is 0 Å². The van der Waals surface area contributed by atoms with Crippen molar-refractivity contribution in [2.45, 2.75) is 97.8 Å². The normalized spacial score (nSPS) is 11.9. The molecule has 1 N–H and O–H groups in total. The molecular weight excluding hydrogens is 547 g/mol. The monoisotopic (exact) mass is 594 g/mol. The maximum absolute atomic E-state index is 15.2. The fourth-order valence-corrected chi connectivity index (χ4v) is 5.49. The minimum absolute atomic E-state index is 0.204. The zero-order valence-corrected chi connectivity index (χ0v) is 27.4. The van der Waals surface area contributed by atoms with Crippen LogP contribution in [0.5, 0.6) is 11.5 Å². The largest absolute Gasteiger partial charge is 0.507 e. The van der Waals surface area contributed by atoms with E-state index in [1.54, 1.807) is 36.4 Å². The molecule has 0 aliphatic rings. The molecule has 0 heterocycles. The number of phenols is 1. The van der Waals surface area contributed by atoms with E-state index in [1.165, 1.54) is 24.8 Å². The zero-order valence-electron chi connectivity index (χ0n) is 27.4. The first kappa shape index (κ1) is 33.0. The van der Waals surface area contributed by atoms with Gasteiger partial charge in [-0.15, -0.1) is 0 Å². The van der Waals surface area contributed by atoms with Crippen molar-refractivity contribution in [2.75, 3.05) is 0 Å². The maximum Gasteiger partial charge on any atom is 0.311 e. The van der Waals surface area contributed by atoms with Crippen LogP contribution in [0.25, 0.3) is 22.3 Å². The minimum Gasteiger partial charge on any atom is -0.507 e. The number of phenolic OH excluding ortho intramolecular Hbond substituents is 1. The third-order valence-electron chi connectivity index (χ3n) is 8.13. The van der Waals surface area contributed by atoms with E-state index < -0.39 is 0 Å². The van der Waals surface area contributed by atoms with E-state index in [0.29, 0.717) is 29.0 Å². The molecule has 4 aromatic carbocycles. The Morgan fingerprint density at radius 3 is 1.82 bits per heavy atom. The molecule has 0 saturated carbocycles. The van der Waals surface area contributed by atoms with Gasteiger partial charge in [0.25, 0.3) is 0 Å². The van der Waals surface area contributed by atoms with Crippen LogP contribution < -0.4 is 4.74 Å². The standard InChI is InChI=1S/C40H47FO3/c1-8-9-10-11-27-12-15-29(16-13-27)31-19-22-33(36(41)26-31)30-17-20-32(21-18-30)44-37(42)23-14-28-24-34(39(2,3)4)38(43)35(25-28)40(5,6)7/h12-13,15-22,24-26,43H,8-11,14,23H2,1-7H3. The average molecular weight is 595 g/mol. The summed E-state index contributed by atoms with van der Waals surface area (Å²) in [7, 11) is 0. The number of ether oxygens (including phenoxy) is 1. The summed E-state index contributed by atoms with van der Waals surface area (Å²) in [4.78, 5) is 12.8. The Labute approximate surface area is 263 Å². The Balaban J connectivity index is 1.40. The number of rotatable bonds is 10. The van der Waals surface area contributed by atoms with Crippen LogP contribution in [0, 0.1) is 5.82 Å². The van der Waals surface area contributed by atoms with Gasteiger partial charge in [-0.1, -0.05) is 122 Å². The van der Waals surface area contributed by atoms with E-state index in [2.05, 4.69) is 72.7 Å². The molecular formula is C40H47FO3. The molecule has 0 unspecified atom stereocenters. The van der Waals surface area contributed by atoms with Gasteiger partial charge in [0, 0.05) is 12.0 Å². The Morgan fingerprint density at radius 1 is 0.705 bits per heavy atom. The summed E-state index contributed by atoms with van der Waals surface area (Å²) in [5.41, 5.74) is 6.63. The van der Waals surface area contributed by atoms with Crippen molar-refractivity contribution in [3.8, 4) is 33.8 Å². The summed E-state index contributed by atoms with van der Waals surface area (Å²) in [5.74, 6) is 0.116. The van der Waals surface area contributed by atoms with Crippen LogP contribution in [0.2, 0.25) is 0 Å². The fourth-order valence-electron chi connectivity index (χ4n) is 5.49. The SMILES string of the molecule is CCCCCc1ccc(-c2ccc(-c3ccc(OC(=O)CCc4cc(C(C)(C)C)c(O)c(C(C)(C)C)c4)cc3)c(F)c2)cc1. The number of halogens is 1. The van der Waals surface area contributed by atoms with Crippen molar-refractivity contribution in [1.29, 1.82) is 0 Å². The fraction of sp³-hybridized carbons (Fsp3) is 0.375. The van der Waals surface area contributed by atoms with Crippen molar-refractivity contribution in [1.82, 2.24) is 0 Å². The Bertz CT molecular complexity index is 1530. The molecule has 0 radical (unpaired) electrons. The van der Waals surface area contributed by atoms with E-state index in [1.807, 2.05) is 18.2 Å². The number of aromatic hydroxyl groups is 1. The molecule has 0 fully saturated rings. The Hall–Kier alpha value is -3.92. The number of unbranched alkanes of at least 4 members (excludes halogenated alkanes) is 2. The van der Waals surface area contributed by atoms with Crippen LogP contribution in [0.15, 0.2) is 78.9 Å². The van der Waals surface area contributed by atoms with Crippen LogP contribution in [0.1, 0.15) is 96.4 Å². The predicted octanol–water partition coefficient (Wildman–Crippen LogP) is 10.7. The highest BCUT2D eigenvalue weighted by molar-refractivity contribution is 5.74. The van der Waals surface area contributed by atoms with Gasteiger partial charge in [0.05, 0.1) is 0 Å². The molecule has 44 heavy (non-hydrogen) atoms. The molecule has 0 aliphatic heterocycles. The van der Waals surface area contributed by atoms with E-state index >= 15 is 4.39 Å². The molecule has 232 valence electrons. The quantitative estimate of drug-likeness (QED) is 0.113. The molecule has 0 atom stereocenters. The average Bonchev–Trinajstić information content (AvgIpc) is 2.96. The van der Waals surface area contributed by atoms with E-state index in [4.69, 9.17) is 4.74 Å². The lowest BCUT2D eigenvalue weighted by Gasteiger charge is -2.28. The van der Waals surface area contributed by atoms with Gasteiger partial charge in [0.1, 0.15) is 17.3 Å². The van der Waals surface area contributed by atoms with Gasteiger partial charge in [-0.05, 0) is 87.2 Å². The summed E-state index contributed by atoms with van der Waals surface area (Å²) in [6.07, 6.45) is 5.40. The van der Waals surface area contributed by atoms with Gasteiger partial charge in [-0.3, -0.25) is 4.79 Å². The third-order valence-corrected chi connectivity index (χ3v) is 8.13. The second-order valence-corrected chi connectivity index (χ2v) is 13.9. The van der Waals surface area contributed by atoms with Gasteiger partial charge in [0.15, 0.2) is 0 Å². The number of hydrogen-bond acceptors (Lipinski definition) is 3. The number of carbonyl (C=O) groups is 1. The van der Waals surface area contributed by atoms with Gasteiger partial charge < -0.3 is 9.84 Å². The van der Waals surface area contributed by atoms with Crippen molar-refractivity contribution in [3.63, 3.8) is 0 Å². The number of aryl methyl sites for hydroxylation is 2. The lowest BCUT2D eigenvalue weighted by Crippen LogP contribution is -2.18. The van der Waals surface area contributed by atoms with Gasteiger partial charge in [-0.2, -0.15) is 0 Å². The summed E-state index contributed by atoms with van der Waals surface area (Å²) in [6.45, 7) is 14.6. The first-order chi connectivity index (χ1) is 20.8. The highest BCUT2D eigenvalue weighted by Crippen LogP contribution is 2.40. The number of benzene rings is 4. The van der Waals surface area contributed by atoms with Gasteiger partial charge in [-0.25, -0.2) is 4.39 Å². The summed E-state index contributed by atoms with van der Waals surface area (Å²) in [6, 6.07) is 24.7. The molecule has 3 nitrogen and oxygen atoms in total. The Morgan fingerprint density at radius 2 is 1.27 bits per heavy atom. The molecule has 4 aromatic rings. The van der Waals surface area contributed by atoms with Crippen molar-refractivity contribution in [3.05, 3.63) is 107 Å². The lowest BCUT2D eigenvalue weighted by molar-refractivity contribution is -0.134. The second kappa shape index (κ2) is 13.8. The molecule has 0 amide bonds. The van der Waals surface area contributed by atoms with Crippen LogP contribution in [-0.2, 0) is 28.5 Å². The molecule has 0 spiro atoms. The number of esters is 1. The first-order valence-electron chi connectivity index (χ1n) is 15.8. The van der Waals surface area contributed by atoms with Crippen LogP contribution >= 0.6 is 0 Å². The van der Waals surface area contributed by atoms with E-state index in [0.717, 1.165) is 34.2 Å². The predicted molar refractivity (Wildman–Crippen MR) is 180 cm³/mol. The molecule has 4 rings (SSSR count).